The minimum absolute atomic E-state index is 0.121. The summed E-state index contributed by atoms with van der Waals surface area (Å²) in [5.41, 5.74) is 1.56. The Morgan fingerprint density at radius 2 is 1.42 bits per heavy atom. The summed E-state index contributed by atoms with van der Waals surface area (Å²) < 4.78 is 1.75. The van der Waals surface area contributed by atoms with Crippen molar-refractivity contribution in [3.05, 3.63) is 44.9 Å². The van der Waals surface area contributed by atoms with Crippen LogP contribution in [0.1, 0.15) is 0 Å². The first-order valence-electron chi connectivity index (χ1n) is 5.31. The number of anilines is 1. The molecule has 0 atom stereocenters. The maximum atomic E-state index is 6.14. The average Bonchev–Trinajstić information content (AvgIpc) is 2.37. The van der Waals surface area contributed by atoms with E-state index in [4.69, 9.17) is 46.4 Å². The number of halogens is 4. The minimum atomic E-state index is 0.121. The van der Waals surface area contributed by atoms with Gasteiger partial charge in [-0.25, -0.2) is 4.98 Å². The molecule has 0 aromatic carbocycles. The van der Waals surface area contributed by atoms with Gasteiger partial charge >= 0.3 is 0 Å². The Hall–Kier alpha value is -0.740. The molecule has 0 radical (unpaired) electrons. The van der Waals surface area contributed by atoms with E-state index in [2.05, 4.69) is 4.98 Å². The molecule has 100 valence electrons. The number of rotatable bonds is 2. The van der Waals surface area contributed by atoms with Crippen LogP contribution in [0.15, 0.2) is 24.5 Å². The second-order valence-electron chi connectivity index (χ2n) is 4.03. The molecule has 0 saturated carbocycles. The van der Waals surface area contributed by atoms with Gasteiger partial charge < -0.3 is 4.90 Å². The highest BCUT2D eigenvalue weighted by atomic mass is 35.5. The number of hydrogen-bond donors (Lipinski definition) is 0. The summed E-state index contributed by atoms with van der Waals surface area (Å²) >= 11 is 24.1. The molecule has 0 saturated heterocycles. The number of nitrogens with zero attached hydrogens (tertiary/aromatic N) is 3. The Bertz CT molecular complexity index is 585. The molecule has 2 heterocycles. The van der Waals surface area contributed by atoms with Crippen LogP contribution in [0.5, 0.6) is 0 Å². The topological polar surface area (TPSA) is 20.0 Å². The fraction of sp³-hybridized carbons (Fsp3) is 0.167. The summed E-state index contributed by atoms with van der Waals surface area (Å²) in [5.74, 6) is 0. The summed E-state index contributed by atoms with van der Waals surface area (Å²) in [7, 11) is 3.92. The quantitative estimate of drug-likeness (QED) is 0.608. The summed E-state index contributed by atoms with van der Waals surface area (Å²) in [4.78, 5) is 5.84. The fourth-order valence-corrected chi connectivity index (χ4v) is 2.48. The highest BCUT2D eigenvalue weighted by Gasteiger charge is 2.23. The van der Waals surface area contributed by atoms with Crippen LogP contribution in [-0.2, 0) is 0 Å². The molecule has 0 fully saturated rings. The van der Waals surface area contributed by atoms with E-state index >= 15 is 0 Å². The first-order chi connectivity index (χ1) is 8.91. The Balaban J connectivity index is 2.59. The zero-order chi connectivity index (χ0) is 14.2. The molecule has 0 unspecified atom stereocenters. The molecule has 0 bridgehead atoms. The SMILES string of the molecule is CN(C)c1cc[n+](-c2c(Cl)c(Cl)nc(Cl)c2Cl)cc1. The smallest absolute Gasteiger partial charge is 0.254 e. The van der Waals surface area contributed by atoms with E-state index in [0.717, 1.165) is 5.69 Å². The Kier molecular flexibility index (Phi) is 4.41. The van der Waals surface area contributed by atoms with Gasteiger partial charge in [-0.2, -0.15) is 4.57 Å². The van der Waals surface area contributed by atoms with Gasteiger partial charge in [-0.1, -0.05) is 46.4 Å². The zero-order valence-electron chi connectivity index (χ0n) is 10.2. The third-order valence-corrected chi connectivity index (χ3v) is 4.02. The normalized spacial score (nSPS) is 10.6. The lowest BCUT2D eigenvalue weighted by atomic mass is 10.3. The second-order valence-corrected chi connectivity index (χ2v) is 5.50. The molecule has 3 nitrogen and oxygen atoms in total. The van der Waals surface area contributed by atoms with Gasteiger partial charge in [-0.3, -0.25) is 0 Å². The molecule has 2 rings (SSSR count). The molecule has 0 aliphatic rings. The molecular weight excluding hydrogens is 328 g/mol. The molecule has 19 heavy (non-hydrogen) atoms. The third-order valence-electron chi connectivity index (χ3n) is 2.56. The summed E-state index contributed by atoms with van der Waals surface area (Å²) in [6.45, 7) is 0. The van der Waals surface area contributed by atoms with Crippen LogP contribution >= 0.6 is 46.4 Å². The van der Waals surface area contributed by atoms with Crippen molar-refractivity contribution < 1.29 is 4.57 Å². The van der Waals surface area contributed by atoms with Gasteiger partial charge in [0.15, 0.2) is 32.7 Å². The maximum absolute atomic E-state index is 6.14. The van der Waals surface area contributed by atoms with Gasteiger partial charge in [0.1, 0.15) is 0 Å². The van der Waals surface area contributed by atoms with E-state index in [0.29, 0.717) is 5.69 Å². The zero-order valence-corrected chi connectivity index (χ0v) is 13.2. The fourth-order valence-electron chi connectivity index (χ4n) is 1.57. The van der Waals surface area contributed by atoms with Crippen LogP contribution in [0, 0.1) is 0 Å². The van der Waals surface area contributed by atoms with E-state index in [9.17, 15) is 0 Å². The second kappa shape index (κ2) is 5.71. The predicted molar refractivity (Wildman–Crippen MR) is 80.1 cm³/mol. The largest absolute Gasteiger partial charge is 0.377 e. The first kappa shape index (κ1) is 14.7. The minimum Gasteiger partial charge on any atom is -0.377 e. The van der Waals surface area contributed by atoms with Gasteiger partial charge in [0.25, 0.3) is 5.69 Å². The molecule has 0 N–H and O–H groups in total. The number of aromatic nitrogens is 2. The Labute approximate surface area is 131 Å². The summed E-state index contributed by atoms with van der Waals surface area (Å²) in [6, 6.07) is 3.85. The molecule has 0 aliphatic carbocycles. The lowest BCUT2D eigenvalue weighted by molar-refractivity contribution is -0.595. The van der Waals surface area contributed by atoms with Gasteiger partial charge in [-0.05, 0) is 0 Å². The van der Waals surface area contributed by atoms with Crippen molar-refractivity contribution in [2.24, 2.45) is 0 Å². The van der Waals surface area contributed by atoms with E-state index < -0.39 is 0 Å². The van der Waals surface area contributed by atoms with Crippen molar-refractivity contribution in [2.75, 3.05) is 19.0 Å². The number of pyridine rings is 2. The van der Waals surface area contributed by atoms with Gasteiger partial charge in [-0.15, -0.1) is 0 Å². The van der Waals surface area contributed by atoms with Crippen LogP contribution in [0.2, 0.25) is 20.4 Å². The molecular formula is C12H10Cl4N3+. The van der Waals surface area contributed by atoms with Crippen molar-refractivity contribution in [3.8, 4) is 5.69 Å². The Morgan fingerprint density at radius 1 is 0.947 bits per heavy atom. The number of hydrogen-bond acceptors (Lipinski definition) is 2. The molecule has 7 heteroatoms. The highest BCUT2D eigenvalue weighted by molar-refractivity contribution is 6.47. The van der Waals surface area contributed by atoms with Crippen LogP contribution < -0.4 is 9.47 Å². The van der Waals surface area contributed by atoms with Crippen molar-refractivity contribution in [1.29, 1.82) is 0 Å². The maximum Gasteiger partial charge on any atom is 0.254 e. The third kappa shape index (κ3) is 2.90. The van der Waals surface area contributed by atoms with E-state index in [1.165, 1.54) is 0 Å². The van der Waals surface area contributed by atoms with Gasteiger partial charge in [0, 0.05) is 31.9 Å². The van der Waals surface area contributed by atoms with E-state index in [1.54, 1.807) is 4.57 Å². The van der Waals surface area contributed by atoms with Crippen molar-refractivity contribution in [1.82, 2.24) is 4.98 Å². The Morgan fingerprint density at radius 3 is 1.84 bits per heavy atom. The average molecular weight is 338 g/mol. The van der Waals surface area contributed by atoms with Crippen molar-refractivity contribution >= 4 is 52.1 Å². The van der Waals surface area contributed by atoms with Crippen LogP contribution in [-0.4, -0.2) is 19.1 Å². The lowest BCUT2D eigenvalue weighted by Crippen LogP contribution is -2.31. The molecule has 2 aromatic rings. The standard InChI is InChI=1S/C12H10Cl4N3/c1-18(2)7-3-5-19(6-4-7)10-8(13)11(15)17-12(16)9(10)14/h3-6H,1-2H3/q+1. The van der Waals surface area contributed by atoms with Crippen molar-refractivity contribution in [3.63, 3.8) is 0 Å². The molecule has 2 aromatic heterocycles. The predicted octanol–water partition coefficient (Wildman–Crippen LogP) is 4.04. The highest BCUT2D eigenvalue weighted by Crippen LogP contribution is 2.34. The molecule has 0 amide bonds. The first-order valence-corrected chi connectivity index (χ1v) is 6.82. The molecule has 0 spiro atoms. The monoisotopic (exact) mass is 336 g/mol. The van der Waals surface area contributed by atoms with Crippen LogP contribution in [0.3, 0.4) is 0 Å². The lowest BCUT2D eigenvalue weighted by Gasteiger charge is -2.11. The van der Waals surface area contributed by atoms with E-state index in [1.807, 2.05) is 43.5 Å². The van der Waals surface area contributed by atoms with Crippen molar-refractivity contribution in [2.45, 2.75) is 0 Å². The van der Waals surface area contributed by atoms with Gasteiger partial charge in [0.05, 0.1) is 0 Å². The van der Waals surface area contributed by atoms with Crippen LogP contribution in [0.25, 0.3) is 5.69 Å². The summed E-state index contributed by atoms with van der Waals surface area (Å²) in [6.07, 6.45) is 3.66. The van der Waals surface area contributed by atoms with Crippen LogP contribution in [0.4, 0.5) is 5.69 Å². The molecule has 0 aliphatic heterocycles. The summed E-state index contributed by atoms with van der Waals surface area (Å²) in [5, 5.41) is 0.767. The van der Waals surface area contributed by atoms with E-state index in [-0.39, 0.29) is 20.4 Å². The van der Waals surface area contributed by atoms with Gasteiger partial charge in [0.2, 0.25) is 0 Å².